The zero-order valence-corrected chi connectivity index (χ0v) is 6.04. The molecule has 1 aliphatic heterocycles. The molecule has 0 aromatic rings. The SMILES string of the molecule is COCN1C=CC(=O)CC1. The maximum atomic E-state index is 10.7. The molecule has 0 spiro atoms. The van der Waals surface area contributed by atoms with Crippen LogP contribution in [0, 0.1) is 0 Å². The number of hydrogen-bond donors (Lipinski definition) is 0. The van der Waals surface area contributed by atoms with Gasteiger partial charge >= 0.3 is 0 Å². The number of hydrogen-bond acceptors (Lipinski definition) is 3. The summed E-state index contributed by atoms with van der Waals surface area (Å²) in [6, 6.07) is 0. The van der Waals surface area contributed by atoms with E-state index in [-0.39, 0.29) is 5.78 Å². The minimum absolute atomic E-state index is 0.201. The molecule has 1 aliphatic rings. The van der Waals surface area contributed by atoms with Crippen LogP contribution in [0.1, 0.15) is 6.42 Å². The van der Waals surface area contributed by atoms with Crippen molar-refractivity contribution >= 4 is 5.78 Å². The van der Waals surface area contributed by atoms with E-state index in [1.165, 1.54) is 0 Å². The highest BCUT2D eigenvalue weighted by molar-refractivity contribution is 5.90. The van der Waals surface area contributed by atoms with Gasteiger partial charge in [-0.05, 0) is 6.08 Å². The summed E-state index contributed by atoms with van der Waals surface area (Å²) >= 11 is 0. The van der Waals surface area contributed by atoms with Crippen LogP contribution in [0.2, 0.25) is 0 Å². The number of ketones is 1. The Labute approximate surface area is 60.3 Å². The van der Waals surface area contributed by atoms with Crippen LogP contribution in [-0.2, 0) is 9.53 Å². The van der Waals surface area contributed by atoms with Crippen LogP contribution in [-0.4, -0.2) is 31.1 Å². The molecule has 0 N–H and O–H groups in total. The first kappa shape index (κ1) is 7.28. The second kappa shape index (κ2) is 3.37. The largest absolute Gasteiger partial charge is 0.364 e. The van der Waals surface area contributed by atoms with Crippen molar-refractivity contribution in [1.82, 2.24) is 4.90 Å². The van der Waals surface area contributed by atoms with Gasteiger partial charge in [-0.15, -0.1) is 0 Å². The van der Waals surface area contributed by atoms with Crippen molar-refractivity contribution in [3.63, 3.8) is 0 Å². The Morgan fingerprint density at radius 3 is 3.10 bits per heavy atom. The molecular weight excluding hydrogens is 130 g/mol. The topological polar surface area (TPSA) is 29.5 Å². The summed E-state index contributed by atoms with van der Waals surface area (Å²) in [4.78, 5) is 12.6. The zero-order valence-electron chi connectivity index (χ0n) is 6.04. The van der Waals surface area contributed by atoms with E-state index in [4.69, 9.17) is 4.74 Å². The number of nitrogens with zero attached hydrogens (tertiary/aromatic N) is 1. The molecule has 1 heterocycles. The van der Waals surface area contributed by atoms with Gasteiger partial charge in [0, 0.05) is 26.3 Å². The average molecular weight is 141 g/mol. The quantitative estimate of drug-likeness (QED) is 0.556. The van der Waals surface area contributed by atoms with Crippen molar-refractivity contribution in [2.45, 2.75) is 6.42 Å². The van der Waals surface area contributed by atoms with Crippen LogP contribution in [0.3, 0.4) is 0 Å². The predicted octanol–water partition coefficient (Wildman–Crippen LogP) is 0.379. The van der Waals surface area contributed by atoms with Crippen LogP contribution in [0.4, 0.5) is 0 Å². The Hall–Kier alpha value is -0.830. The van der Waals surface area contributed by atoms with E-state index in [2.05, 4.69) is 0 Å². The molecule has 1 rings (SSSR count). The second-order valence-corrected chi connectivity index (χ2v) is 2.26. The van der Waals surface area contributed by atoms with Crippen molar-refractivity contribution in [2.75, 3.05) is 20.4 Å². The molecule has 0 atom stereocenters. The summed E-state index contributed by atoms with van der Waals surface area (Å²) in [7, 11) is 1.64. The van der Waals surface area contributed by atoms with Crippen molar-refractivity contribution in [3.05, 3.63) is 12.3 Å². The van der Waals surface area contributed by atoms with Crippen LogP contribution < -0.4 is 0 Å². The second-order valence-electron chi connectivity index (χ2n) is 2.26. The molecule has 0 saturated heterocycles. The number of allylic oxidation sites excluding steroid dienone is 1. The van der Waals surface area contributed by atoms with E-state index in [9.17, 15) is 4.79 Å². The third kappa shape index (κ3) is 1.84. The Bertz CT molecular complexity index is 154. The number of carbonyl (C=O) groups excluding carboxylic acids is 1. The van der Waals surface area contributed by atoms with Crippen molar-refractivity contribution in [2.24, 2.45) is 0 Å². The molecule has 3 nitrogen and oxygen atoms in total. The number of methoxy groups -OCH3 is 1. The Morgan fingerprint density at radius 2 is 2.60 bits per heavy atom. The van der Waals surface area contributed by atoms with Gasteiger partial charge in [-0.2, -0.15) is 0 Å². The molecule has 0 fully saturated rings. The van der Waals surface area contributed by atoms with E-state index < -0.39 is 0 Å². The molecule has 0 aromatic heterocycles. The van der Waals surface area contributed by atoms with Crippen molar-refractivity contribution in [1.29, 1.82) is 0 Å². The molecule has 0 amide bonds. The molecule has 3 heteroatoms. The summed E-state index contributed by atoms with van der Waals surface area (Å²) in [5.74, 6) is 0.201. The predicted molar refractivity (Wildman–Crippen MR) is 37.3 cm³/mol. The fourth-order valence-electron chi connectivity index (χ4n) is 0.874. The van der Waals surface area contributed by atoms with Crippen LogP contribution in [0.5, 0.6) is 0 Å². The third-order valence-electron chi connectivity index (χ3n) is 1.41. The lowest BCUT2D eigenvalue weighted by Crippen LogP contribution is -2.26. The number of rotatable bonds is 2. The number of carbonyl (C=O) groups is 1. The lowest BCUT2D eigenvalue weighted by Gasteiger charge is -2.20. The lowest BCUT2D eigenvalue weighted by molar-refractivity contribution is -0.115. The van der Waals surface area contributed by atoms with Crippen LogP contribution in [0.15, 0.2) is 12.3 Å². The van der Waals surface area contributed by atoms with Gasteiger partial charge in [0.15, 0.2) is 5.78 Å². The van der Waals surface area contributed by atoms with E-state index in [1.807, 2.05) is 4.90 Å². The lowest BCUT2D eigenvalue weighted by atomic mass is 10.2. The minimum atomic E-state index is 0.201. The molecule has 0 radical (unpaired) electrons. The maximum absolute atomic E-state index is 10.7. The van der Waals surface area contributed by atoms with Crippen LogP contribution >= 0.6 is 0 Å². The normalized spacial score (nSPS) is 18.1. The summed E-state index contributed by atoms with van der Waals surface area (Å²) < 4.78 is 4.88. The molecule has 0 bridgehead atoms. The molecule has 0 aliphatic carbocycles. The minimum Gasteiger partial charge on any atom is -0.364 e. The fourth-order valence-corrected chi connectivity index (χ4v) is 0.874. The highest BCUT2D eigenvalue weighted by Crippen LogP contribution is 2.01. The van der Waals surface area contributed by atoms with E-state index in [0.29, 0.717) is 13.2 Å². The Kier molecular flexibility index (Phi) is 2.45. The molecule has 0 aromatic carbocycles. The zero-order chi connectivity index (χ0) is 7.40. The maximum Gasteiger partial charge on any atom is 0.158 e. The van der Waals surface area contributed by atoms with Crippen molar-refractivity contribution in [3.8, 4) is 0 Å². The highest BCUT2D eigenvalue weighted by Gasteiger charge is 2.07. The summed E-state index contributed by atoms with van der Waals surface area (Å²) in [5, 5.41) is 0. The summed E-state index contributed by atoms with van der Waals surface area (Å²) in [6.07, 6.45) is 3.97. The van der Waals surface area contributed by atoms with E-state index in [1.54, 1.807) is 19.4 Å². The van der Waals surface area contributed by atoms with E-state index in [0.717, 1.165) is 6.54 Å². The number of ether oxygens (including phenoxy) is 1. The first-order chi connectivity index (χ1) is 4.83. The molecule has 10 heavy (non-hydrogen) atoms. The van der Waals surface area contributed by atoms with Crippen molar-refractivity contribution < 1.29 is 9.53 Å². The first-order valence-electron chi connectivity index (χ1n) is 3.27. The van der Waals surface area contributed by atoms with Gasteiger partial charge in [0.05, 0.1) is 0 Å². The fraction of sp³-hybridized carbons (Fsp3) is 0.571. The molecule has 0 unspecified atom stereocenters. The van der Waals surface area contributed by atoms with Gasteiger partial charge < -0.3 is 9.64 Å². The Balaban J connectivity index is 2.37. The monoisotopic (exact) mass is 141 g/mol. The smallest absolute Gasteiger partial charge is 0.158 e. The molecule has 0 saturated carbocycles. The highest BCUT2D eigenvalue weighted by atomic mass is 16.5. The van der Waals surface area contributed by atoms with Gasteiger partial charge in [-0.25, -0.2) is 0 Å². The van der Waals surface area contributed by atoms with E-state index >= 15 is 0 Å². The summed E-state index contributed by atoms with van der Waals surface area (Å²) in [5.41, 5.74) is 0. The van der Waals surface area contributed by atoms with Gasteiger partial charge in [-0.1, -0.05) is 0 Å². The molecule has 56 valence electrons. The Morgan fingerprint density at radius 1 is 1.80 bits per heavy atom. The third-order valence-corrected chi connectivity index (χ3v) is 1.41. The van der Waals surface area contributed by atoms with Gasteiger partial charge in [0.25, 0.3) is 0 Å². The summed E-state index contributed by atoms with van der Waals surface area (Å²) in [6.45, 7) is 1.35. The van der Waals surface area contributed by atoms with Gasteiger partial charge in [0.1, 0.15) is 6.73 Å². The van der Waals surface area contributed by atoms with Gasteiger partial charge in [0.2, 0.25) is 0 Å². The standard InChI is InChI=1S/C7H11NO2/c1-10-6-8-4-2-7(9)3-5-8/h2,4H,3,5-6H2,1H3. The first-order valence-corrected chi connectivity index (χ1v) is 3.27. The van der Waals surface area contributed by atoms with Gasteiger partial charge in [-0.3, -0.25) is 4.79 Å². The molecular formula is C7H11NO2. The van der Waals surface area contributed by atoms with Crippen LogP contribution in [0.25, 0.3) is 0 Å². The average Bonchev–Trinajstić information content (AvgIpc) is 1.95.